The van der Waals surface area contributed by atoms with Crippen molar-refractivity contribution in [3.63, 3.8) is 0 Å². The molecule has 0 unspecified atom stereocenters. The Balaban J connectivity index is 2.51. The Labute approximate surface area is 131 Å². The lowest BCUT2D eigenvalue weighted by atomic mass is 10.2. The van der Waals surface area contributed by atoms with E-state index >= 15 is 0 Å². The van der Waals surface area contributed by atoms with Crippen LogP contribution < -0.4 is 9.46 Å². The van der Waals surface area contributed by atoms with Gasteiger partial charge in [-0.2, -0.15) is 0 Å². The molecule has 0 radical (unpaired) electrons. The van der Waals surface area contributed by atoms with E-state index in [1.165, 1.54) is 0 Å². The molecule has 0 aliphatic carbocycles. The Bertz CT molecular complexity index is 809. The molecule has 1 N–H and O–H groups in total. The topological polar surface area (TPSA) is 98.5 Å². The highest BCUT2D eigenvalue weighted by molar-refractivity contribution is 7.92. The average molecular weight is 343 g/mol. The maximum Gasteiger partial charge on any atom is 0.291 e. The molecule has 0 aliphatic rings. The van der Waals surface area contributed by atoms with Crippen molar-refractivity contribution < 1.29 is 18.1 Å². The van der Waals surface area contributed by atoms with E-state index in [1.807, 2.05) is 0 Å². The fourth-order valence-electron chi connectivity index (χ4n) is 1.66. The zero-order valence-corrected chi connectivity index (χ0v) is 12.9. The van der Waals surface area contributed by atoms with E-state index in [-0.39, 0.29) is 22.1 Å². The zero-order chi connectivity index (χ0) is 16.3. The summed E-state index contributed by atoms with van der Waals surface area (Å²) in [5.41, 5.74) is -0.367. The molecule has 0 heterocycles. The molecule has 7 nitrogen and oxygen atoms in total. The molecule has 2 aromatic rings. The van der Waals surface area contributed by atoms with Crippen LogP contribution in [0.3, 0.4) is 0 Å². The van der Waals surface area contributed by atoms with Crippen molar-refractivity contribution in [3.8, 4) is 11.5 Å². The van der Waals surface area contributed by atoms with Gasteiger partial charge in [-0.1, -0.05) is 29.8 Å². The van der Waals surface area contributed by atoms with Gasteiger partial charge in [0.25, 0.3) is 5.69 Å². The van der Waals surface area contributed by atoms with Gasteiger partial charge in [0.05, 0.1) is 22.9 Å². The quantitative estimate of drug-likeness (QED) is 0.663. The number of halogens is 1. The smallest absolute Gasteiger partial charge is 0.291 e. The number of nitro groups is 1. The van der Waals surface area contributed by atoms with Crippen molar-refractivity contribution in [2.75, 3.05) is 11.0 Å². The minimum absolute atomic E-state index is 0.0157. The van der Waals surface area contributed by atoms with Gasteiger partial charge in [-0.05, 0) is 18.2 Å². The molecule has 2 rings (SSSR count). The number of nitrogens with one attached hydrogen (secondary N) is 1. The molecule has 0 atom stereocenters. The summed E-state index contributed by atoms with van der Waals surface area (Å²) in [6, 6.07) is 10.7. The van der Waals surface area contributed by atoms with Crippen LogP contribution in [0.5, 0.6) is 11.5 Å². The first-order valence-corrected chi connectivity index (χ1v) is 8.22. The lowest BCUT2D eigenvalue weighted by Gasteiger charge is -2.12. The highest BCUT2D eigenvalue weighted by Gasteiger charge is 2.20. The Kier molecular flexibility index (Phi) is 4.53. The van der Waals surface area contributed by atoms with Crippen LogP contribution in [0, 0.1) is 10.1 Å². The number of benzene rings is 2. The number of sulfonamides is 1. The molecule has 0 aromatic heterocycles. The molecule has 0 saturated heterocycles. The van der Waals surface area contributed by atoms with Crippen LogP contribution in [0.4, 0.5) is 11.4 Å². The molecule has 2 aromatic carbocycles. The number of hydrogen-bond donors (Lipinski definition) is 1. The highest BCUT2D eigenvalue weighted by atomic mass is 35.5. The Morgan fingerprint density at radius 1 is 1.23 bits per heavy atom. The fourth-order valence-corrected chi connectivity index (χ4v) is 2.45. The first kappa shape index (κ1) is 16.1. The summed E-state index contributed by atoms with van der Waals surface area (Å²) < 4.78 is 30.5. The van der Waals surface area contributed by atoms with Crippen molar-refractivity contribution in [1.29, 1.82) is 0 Å². The largest absolute Gasteiger partial charge is 0.455 e. The summed E-state index contributed by atoms with van der Waals surface area (Å²) in [5.74, 6) is 0.378. The van der Waals surface area contributed by atoms with Crippen molar-refractivity contribution in [2.45, 2.75) is 0 Å². The number of para-hydroxylation sites is 1. The molecule has 0 saturated carbocycles. The first-order chi connectivity index (χ1) is 10.3. The number of ether oxygens (including phenoxy) is 1. The molecule has 0 fully saturated rings. The second kappa shape index (κ2) is 6.20. The number of hydrogen-bond acceptors (Lipinski definition) is 5. The fraction of sp³-hybridized carbons (Fsp3) is 0.0769. The standard InChI is InChI=1S/C13H11ClN2O5S/c1-22(19,20)15-11-7-10(14)12(16(17)18)8-13(11)21-9-5-3-2-4-6-9/h2-8,15H,1H3. The van der Waals surface area contributed by atoms with Gasteiger partial charge in [-0.25, -0.2) is 8.42 Å². The van der Waals surface area contributed by atoms with Crippen molar-refractivity contribution in [1.82, 2.24) is 0 Å². The SMILES string of the molecule is CS(=O)(=O)Nc1cc(Cl)c([N+](=O)[O-])cc1Oc1ccccc1. The van der Waals surface area contributed by atoms with Crippen LogP contribution in [0.25, 0.3) is 0 Å². The minimum Gasteiger partial charge on any atom is -0.455 e. The third-order valence-corrected chi connectivity index (χ3v) is 3.41. The highest BCUT2D eigenvalue weighted by Crippen LogP contribution is 2.38. The predicted molar refractivity (Wildman–Crippen MR) is 83.1 cm³/mol. The van der Waals surface area contributed by atoms with Gasteiger partial charge >= 0.3 is 0 Å². The lowest BCUT2D eigenvalue weighted by Crippen LogP contribution is -2.10. The summed E-state index contributed by atoms with van der Waals surface area (Å²) >= 11 is 5.80. The molecule has 0 amide bonds. The lowest BCUT2D eigenvalue weighted by molar-refractivity contribution is -0.384. The maximum atomic E-state index is 11.4. The van der Waals surface area contributed by atoms with Crippen LogP contribution >= 0.6 is 11.6 Å². The van der Waals surface area contributed by atoms with Crippen LogP contribution in [-0.2, 0) is 10.0 Å². The van der Waals surface area contributed by atoms with E-state index in [0.717, 1.165) is 18.4 Å². The number of anilines is 1. The van der Waals surface area contributed by atoms with Crippen LogP contribution in [0.1, 0.15) is 0 Å². The third kappa shape index (κ3) is 4.09. The summed E-state index contributed by atoms with van der Waals surface area (Å²) in [5, 5.41) is 10.8. The molecule has 22 heavy (non-hydrogen) atoms. The maximum absolute atomic E-state index is 11.4. The normalized spacial score (nSPS) is 11.0. The molecule has 116 valence electrons. The van der Waals surface area contributed by atoms with Gasteiger partial charge in [0.1, 0.15) is 10.8 Å². The monoisotopic (exact) mass is 342 g/mol. The van der Waals surface area contributed by atoms with Crippen LogP contribution in [0.2, 0.25) is 5.02 Å². The van der Waals surface area contributed by atoms with Gasteiger partial charge in [0, 0.05) is 0 Å². The van der Waals surface area contributed by atoms with E-state index in [9.17, 15) is 18.5 Å². The summed E-state index contributed by atoms with van der Waals surface area (Å²) in [4.78, 5) is 10.3. The minimum atomic E-state index is -3.60. The molecule has 9 heteroatoms. The molecule has 0 spiro atoms. The number of nitro benzene ring substituents is 1. The van der Waals surface area contributed by atoms with Gasteiger partial charge < -0.3 is 4.74 Å². The Morgan fingerprint density at radius 3 is 2.41 bits per heavy atom. The molecular weight excluding hydrogens is 332 g/mol. The van der Waals surface area contributed by atoms with Gasteiger partial charge in [-0.3, -0.25) is 14.8 Å². The number of rotatable bonds is 5. The zero-order valence-electron chi connectivity index (χ0n) is 11.3. The van der Waals surface area contributed by atoms with E-state index in [0.29, 0.717) is 5.75 Å². The van der Waals surface area contributed by atoms with Crippen molar-refractivity contribution >= 4 is 33.0 Å². The predicted octanol–water partition coefficient (Wildman–Crippen LogP) is 3.41. The Morgan fingerprint density at radius 2 is 1.86 bits per heavy atom. The third-order valence-electron chi connectivity index (χ3n) is 2.51. The van der Waals surface area contributed by atoms with Crippen molar-refractivity contribution in [3.05, 3.63) is 57.6 Å². The second-order valence-electron chi connectivity index (χ2n) is 4.35. The summed E-state index contributed by atoms with van der Waals surface area (Å²) in [7, 11) is -3.60. The summed E-state index contributed by atoms with van der Waals surface area (Å²) in [6.07, 6.45) is 0.953. The first-order valence-electron chi connectivity index (χ1n) is 5.95. The van der Waals surface area contributed by atoms with Gasteiger partial charge in [-0.15, -0.1) is 0 Å². The molecule has 0 aliphatic heterocycles. The van der Waals surface area contributed by atoms with E-state index in [2.05, 4.69) is 4.72 Å². The Hall–Kier alpha value is -2.32. The second-order valence-corrected chi connectivity index (χ2v) is 6.50. The van der Waals surface area contributed by atoms with Crippen LogP contribution in [-0.4, -0.2) is 19.6 Å². The molecular formula is C13H11ClN2O5S. The molecule has 0 bridgehead atoms. The van der Waals surface area contributed by atoms with E-state index < -0.39 is 14.9 Å². The van der Waals surface area contributed by atoms with Crippen LogP contribution in [0.15, 0.2) is 42.5 Å². The van der Waals surface area contributed by atoms with Gasteiger partial charge in [0.15, 0.2) is 5.75 Å². The van der Waals surface area contributed by atoms with Crippen molar-refractivity contribution in [2.24, 2.45) is 0 Å². The number of nitrogens with zero attached hydrogens (tertiary/aromatic N) is 1. The summed E-state index contributed by atoms with van der Waals surface area (Å²) in [6.45, 7) is 0. The van der Waals surface area contributed by atoms with E-state index in [1.54, 1.807) is 30.3 Å². The van der Waals surface area contributed by atoms with Gasteiger partial charge in [0.2, 0.25) is 10.0 Å². The van der Waals surface area contributed by atoms with E-state index in [4.69, 9.17) is 16.3 Å². The average Bonchev–Trinajstić information content (AvgIpc) is 2.40.